The van der Waals surface area contributed by atoms with Crippen molar-refractivity contribution in [2.24, 2.45) is 0 Å². The number of carbonyl (C=O) groups is 1. The maximum Gasteiger partial charge on any atom is 0.165 e. The van der Waals surface area contributed by atoms with E-state index in [1.165, 1.54) is 38.5 Å². The molecule has 0 radical (unpaired) electrons. The molecule has 0 unspecified atom stereocenters. The Hall–Kier alpha value is -0.570. The van der Waals surface area contributed by atoms with Crippen LogP contribution in [0.5, 0.6) is 0 Å². The van der Waals surface area contributed by atoms with Gasteiger partial charge in [0.2, 0.25) is 0 Å². The summed E-state index contributed by atoms with van der Waals surface area (Å²) in [6.45, 7) is 0.784. The number of hydrogen-bond acceptors (Lipinski definition) is 2. The minimum atomic E-state index is 0.0722. The molecule has 1 aliphatic carbocycles. The van der Waals surface area contributed by atoms with E-state index in [9.17, 15) is 4.79 Å². The van der Waals surface area contributed by atoms with E-state index in [2.05, 4.69) is 11.9 Å². The van der Waals surface area contributed by atoms with Gasteiger partial charge in [-0.15, -0.1) is 0 Å². The number of rotatable bonds is 5. The third-order valence-electron chi connectivity index (χ3n) is 4.39. The Labute approximate surface area is 137 Å². The van der Waals surface area contributed by atoms with Gasteiger partial charge < -0.3 is 4.90 Å². The summed E-state index contributed by atoms with van der Waals surface area (Å²) in [5, 5.41) is 0.820. The number of halogens is 2. The molecular weight excluding hydrogens is 305 g/mol. The van der Waals surface area contributed by atoms with Gasteiger partial charge in [-0.05, 0) is 32.0 Å². The molecule has 0 amide bonds. The highest BCUT2D eigenvalue weighted by Crippen LogP contribution is 2.27. The lowest BCUT2D eigenvalue weighted by molar-refractivity contribution is 0.0957. The Bertz CT molecular complexity index is 482. The normalized spacial score (nSPS) is 17.0. The standard InChI is InChI=1S/C17H23Cl2NO/c1-20(13-7-4-2-3-5-8-13)12-11-16(21)14-9-6-10-15(18)17(14)19/h6,9-10,13H,2-5,7-8,11-12H2,1H3. The minimum Gasteiger partial charge on any atom is -0.303 e. The van der Waals surface area contributed by atoms with Gasteiger partial charge >= 0.3 is 0 Å². The summed E-state index contributed by atoms with van der Waals surface area (Å²) in [5.41, 5.74) is 0.540. The first-order valence-corrected chi connectivity index (χ1v) is 8.52. The number of nitrogens with zero attached hydrogens (tertiary/aromatic N) is 1. The molecular formula is C17H23Cl2NO. The molecule has 21 heavy (non-hydrogen) atoms. The quantitative estimate of drug-likeness (QED) is 0.545. The molecule has 0 aliphatic heterocycles. The number of benzene rings is 1. The van der Waals surface area contributed by atoms with Crippen LogP contribution in [-0.2, 0) is 0 Å². The molecule has 0 saturated heterocycles. The maximum atomic E-state index is 12.3. The second kappa shape index (κ2) is 8.17. The van der Waals surface area contributed by atoms with Crippen molar-refractivity contribution < 1.29 is 4.79 Å². The van der Waals surface area contributed by atoms with Crippen molar-refractivity contribution in [1.29, 1.82) is 0 Å². The molecule has 0 aromatic heterocycles. The molecule has 4 heteroatoms. The van der Waals surface area contributed by atoms with Gasteiger partial charge in [0, 0.05) is 24.6 Å². The van der Waals surface area contributed by atoms with Crippen LogP contribution in [0.1, 0.15) is 55.3 Å². The Kier molecular flexibility index (Phi) is 6.53. The maximum absolute atomic E-state index is 12.3. The van der Waals surface area contributed by atoms with Gasteiger partial charge in [0.1, 0.15) is 0 Å². The first-order chi connectivity index (χ1) is 10.1. The summed E-state index contributed by atoms with van der Waals surface area (Å²) in [4.78, 5) is 14.6. The summed E-state index contributed by atoms with van der Waals surface area (Å²) in [7, 11) is 2.13. The molecule has 1 aromatic carbocycles. The van der Waals surface area contributed by atoms with Crippen molar-refractivity contribution in [3.05, 3.63) is 33.8 Å². The minimum absolute atomic E-state index is 0.0722. The van der Waals surface area contributed by atoms with Crippen LogP contribution in [0.15, 0.2) is 18.2 Å². The average molecular weight is 328 g/mol. The van der Waals surface area contributed by atoms with Crippen LogP contribution in [-0.4, -0.2) is 30.3 Å². The Morgan fingerprint density at radius 3 is 2.52 bits per heavy atom. The van der Waals surface area contributed by atoms with Gasteiger partial charge in [0.15, 0.2) is 5.78 Å². The van der Waals surface area contributed by atoms with E-state index < -0.39 is 0 Å². The van der Waals surface area contributed by atoms with Crippen LogP contribution < -0.4 is 0 Å². The van der Waals surface area contributed by atoms with E-state index in [-0.39, 0.29) is 5.78 Å². The fraction of sp³-hybridized carbons (Fsp3) is 0.588. The van der Waals surface area contributed by atoms with E-state index in [1.54, 1.807) is 18.2 Å². The molecule has 0 N–H and O–H groups in total. The summed E-state index contributed by atoms with van der Waals surface area (Å²) >= 11 is 12.1. The fourth-order valence-electron chi connectivity index (χ4n) is 3.01. The summed E-state index contributed by atoms with van der Waals surface area (Å²) < 4.78 is 0. The highest BCUT2D eigenvalue weighted by Gasteiger charge is 2.19. The molecule has 1 fully saturated rings. The number of hydrogen-bond donors (Lipinski definition) is 0. The Morgan fingerprint density at radius 2 is 1.86 bits per heavy atom. The fourth-order valence-corrected chi connectivity index (χ4v) is 3.42. The molecule has 0 bridgehead atoms. The molecule has 2 nitrogen and oxygen atoms in total. The third kappa shape index (κ3) is 4.70. The van der Waals surface area contributed by atoms with Gasteiger partial charge in [-0.2, -0.15) is 0 Å². The predicted octanol–water partition coefficient (Wildman–Crippen LogP) is 5.22. The van der Waals surface area contributed by atoms with Crippen LogP contribution >= 0.6 is 23.2 Å². The first-order valence-electron chi connectivity index (χ1n) is 7.77. The van der Waals surface area contributed by atoms with Crippen molar-refractivity contribution in [3.63, 3.8) is 0 Å². The lowest BCUT2D eigenvalue weighted by Crippen LogP contribution is -2.33. The molecule has 1 aromatic rings. The van der Waals surface area contributed by atoms with Crippen LogP contribution in [0.25, 0.3) is 0 Å². The smallest absolute Gasteiger partial charge is 0.165 e. The highest BCUT2D eigenvalue weighted by molar-refractivity contribution is 6.43. The highest BCUT2D eigenvalue weighted by atomic mass is 35.5. The van der Waals surface area contributed by atoms with E-state index in [1.807, 2.05) is 0 Å². The lowest BCUT2D eigenvalue weighted by atomic mass is 10.1. The monoisotopic (exact) mass is 327 g/mol. The second-order valence-corrected chi connectivity index (χ2v) is 6.69. The SMILES string of the molecule is CN(CCC(=O)c1cccc(Cl)c1Cl)C1CCCCCC1. The van der Waals surface area contributed by atoms with Crippen LogP contribution in [0.2, 0.25) is 10.0 Å². The van der Waals surface area contributed by atoms with E-state index in [0.717, 1.165) is 6.54 Å². The van der Waals surface area contributed by atoms with Crippen LogP contribution in [0, 0.1) is 0 Å². The number of ketones is 1. The van der Waals surface area contributed by atoms with E-state index >= 15 is 0 Å². The second-order valence-electron chi connectivity index (χ2n) is 5.90. The topological polar surface area (TPSA) is 20.3 Å². The zero-order valence-electron chi connectivity index (χ0n) is 12.6. The predicted molar refractivity (Wildman–Crippen MR) is 89.5 cm³/mol. The molecule has 1 aliphatic rings. The summed E-state index contributed by atoms with van der Waals surface area (Å²) in [6, 6.07) is 5.85. The number of Topliss-reactive ketones (excluding diaryl/α,β-unsaturated/α-hetero) is 1. The van der Waals surface area contributed by atoms with Crippen molar-refractivity contribution in [3.8, 4) is 0 Å². The summed E-state index contributed by atoms with van der Waals surface area (Å²) in [6.07, 6.45) is 8.31. The van der Waals surface area contributed by atoms with Crippen molar-refractivity contribution >= 4 is 29.0 Å². The molecule has 0 atom stereocenters. The van der Waals surface area contributed by atoms with Gasteiger partial charge in [-0.25, -0.2) is 0 Å². The zero-order valence-corrected chi connectivity index (χ0v) is 14.1. The van der Waals surface area contributed by atoms with Gasteiger partial charge in [0.25, 0.3) is 0 Å². The Balaban J connectivity index is 1.89. The molecule has 2 rings (SSSR count). The van der Waals surface area contributed by atoms with Crippen LogP contribution in [0.3, 0.4) is 0 Å². The summed E-state index contributed by atoms with van der Waals surface area (Å²) in [5.74, 6) is 0.0722. The number of carbonyl (C=O) groups excluding carboxylic acids is 1. The van der Waals surface area contributed by atoms with E-state index in [0.29, 0.717) is 28.1 Å². The largest absolute Gasteiger partial charge is 0.303 e. The molecule has 116 valence electrons. The van der Waals surface area contributed by atoms with Gasteiger partial charge in [-0.1, -0.05) is 55.0 Å². The zero-order chi connectivity index (χ0) is 15.2. The van der Waals surface area contributed by atoms with E-state index in [4.69, 9.17) is 23.2 Å². The van der Waals surface area contributed by atoms with Crippen molar-refractivity contribution in [2.45, 2.75) is 51.0 Å². The lowest BCUT2D eigenvalue weighted by Gasteiger charge is -2.26. The van der Waals surface area contributed by atoms with Gasteiger partial charge in [0.05, 0.1) is 10.0 Å². The van der Waals surface area contributed by atoms with Crippen molar-refractivity contribution in [1.82, 2.24) is 4.90 Å². The van der Waals surface area contributed by atoms with Crippen LogP contribution in [0.4, 0.5) is 0 Å². The van der Waals surface area contributed by atoms with Crippen molar-refractivity contribution in [2.75, 3.05) is 13.6 Å². The molecule has 0 heterocycles. The first kappa shape index (κ1) is 16.8. The van der Waals surface area contributed by atoms with Gasteiger partial charge in [-0.3, -0.25) is 4.79 Å². The third-order valence-corrected chi connectivity index (χ3v) is 5.21. The molecule has 1 saturated carbocycles. The average Bonchev–Trinajstić information content (AvgIpc) is 2.76. The Morgan fingerprint density at radius 1 is 1.19 bits per heavy atom. The molecule has 0 spiro atoms.